The van der Waals surface area contributed by atoms with E-state index in [1.165, 1.54) is 4.57 Å². The van der Waals surface area contributed by atoms with Crippen LogP contribution in [0.25, 0.3) is 22.6 Å². The third-order valence-corrected chi connectivity index (χ3v) is 4.57. The molecule has 0 saturated carbocycles. The molecule has 0 bridgehead atoms. The van der Waals surface area contributed by atoms with Gasteiger partial charge in [0.05, 0.1) is 24.2 Å². The van der Waals surface area contributed by atoms with Crippen LogP contribution in [0, 0.1) is 13.8 Å². The summed E-state index contributed by atoms with van der Waals surface area (Å²) in [6, 6.07) is 3.53. The smallest absolute Gasteiger partial charge is 0.349 e. The third-order valence-electron chi connectivity index (χ3n) is 4.57. The molecular formula is C17H22N4O7. The highest BCUT2D eigenvalue weighted by molar-refractivity contribution is 5.81. The Morgan fingerprint density at radius 2 is 1.71 bits per heavy atom. The summed E-state index contributed by atoms with van der Waals surface area (Å²) >= 11 is 0. The molecule has 3 atom stereocenters. The lowest BCUT2D eigenvalue weighted by Gasteiger charge is -2.25. The van der Waals surface area contributed by atoms with E-state index in [2.05, 4.69) is 15.0 Å². The van der Waals surface area contributed by atoms with Crippen molar-refractivity contribution in [2.75, 3.05) is 6.61 Å². The lowest BCUT2D eigenvalue weighted by molar-refractivity contribution is -0.0802. The standard InChI is InChI=1S/C17H20N4O6.H2O/c1-7-3-9-10(4-8(7)2)21(5-11(23)14(25)12(24)6-22)15-13(18-9)16(26)20-17(27)19-15;/h3-4,11-12,14,22-25H,5-6H2,1-2H3,(H,20,26,27);1H2/t11-,12+,14-;/m0./s1. The van der Waals surface area contributed by atoms with Gasteiger partial charge < -0.3 is 30.5 Å². The number of aliphatic hydroxyl groups is 4. The average Bonchev–Trinajstić information content (AvgIpc) is 2.62. The minimum atomic E-state index is -1.64. The average molecular weight is 394 g/mol. The number of fused-ring (bicyclic) bond motifs is 2. The van der Waals surface area contributed by atoms with Crippen LogP contribution in [-0.4, -0.2) is 70.3 Å². The summed E-state index contributed by atoms with van der Waals surface area (Å²) in [7, 11) is 0. The zero-order valence-corrected chi connectivity index (χ0v) is 15.2. The SMILES string of the molecule is Cc1cc2nc3c(=O)[nH]c(=O)nc-3n(C[C@H](O)[C@H](O)[C@H](O)CO)c2cc1C.O. The van der Waals surface area contributed by atoms with E-state index in [1.54, 1.807) is 12.1 Å². The van der Waals surface area contributed by atoms with Gasteiger partial charge in [0, 0.05) is 0 Å². The number of aliphatic hydroxyl groups excluding tert-OH is 4. The topological polar surface area (TPSA) is 193 Å². The van der Waals surface area contributed by atoms with Gasteiger partial charge in [-0.1, -0.05) is 0 Å². The van der Waals surface area contributed by atoms with Crippen LogP contribution in [0.3, 0.4) is 0 Å². The number of aromatic nitrogens is 4. The first-order chi connectivity index (χ1) is 12.7. The Morgan fingerprint density at radius 3 is 2.36 bits per heavy atom. The van der Waals surface area contributed by atoms with Gasteiger partial charge in [0.1, 0.15) is 18.3 Å². The first-order valence-electron chi connectivity index (χ1n) is 8.29. The summed E-state index contributed by atoms with van der Waals surface area (Å²) in [6.45, 7) is 2.73. The van der Waals surface area contributed by atoms with E-state index in [9.17, 15) is 24.9 Å². The number of hydrogen-bond acceptors (Lipinski definition) is 8. The molecule has 28 heavy (non-hydrogen) atoms. The quantitative estimate of drug-likeness (QED) is 0.292. The van der Waals surface area contributed by atoms with Gasteiger partial charge in [-0.15, -0.1) is 0 Å². The van der Waals surface area contributed by atoms with Gasteiger partial charge in [-0.25, -0.2) is 9.78 Å². The molecule has 3 rings (SSSR count). The van der Waals surface area contributed by atoms with Crippen LogP contribution in [0.1, 0.15) is 11.1 Å². The van der Waals surface area contributed by atoms with Crippen LogP contribution < -0.4 is 11.2 Å². The lowest BCUT2D eigenvalue weighted by Crippen LogP contribution is -2.42. The van der Waals surface area contributed by atoms with Gasteiger partial charge in [-0.05, 0) is 37.1 Å². The molecule has 11 nitrogen and oxygen atoms in total. The van der Waals surface area contributed by atoms with E-state index >= 15 is 0 Å². The van der Waals surface area contributed by atoms with Crippen LogP contribution >= 0.6 is 0 Å². The van der Waals surface area contributed by atoms with Crippen LogP contribution in [0.2, 0.25) is 0 Å². The van der Waals surface area contributed by atoms with E-state index in [4.69, 9.17) is 5.11 Å². The molecule has 0 unspecified atom stereocenters. The number of hydrogen-bond donors (Lipinski definition) is 5. The second kappa shape index (κ2) is 8.12. The summed E-state index contributed by atoms with van der Waals surface area (Å²) in [4.78, 5) is 34.0. The maximum atomic E-state index is 12.2. The van der Waals surface area contributed by atoms with Crippen molar-refractivity contribution in [1.82, 2.24) is 19.5 Å². The Bertz CT molecular complexity index is 1080. The van der Waals surface area contributed by atoms with Crippen molar-refractivity contribution in [2.24, 2.45) is 0 Å². The summed E-state index contributed by atoms with van der Waals surface area (Å²) in [5.74, 6) is -0.0516. The highest BCUT2D eigenvalue weighted by Crippen LogP contribution is 2.24. The molecule has 0 amide bonds. The molecule has 2 heterocycles. The molecule has 11 heteroatoms. The molecule has 0 fully saturated rings. The largest absolute Gasteiger partial charge is 0.412 e. The zero-order valence-electron chi connectivity index (χ0n) is 15.2. The first kappa shape index (κ1) is 21.6. The predicted octanol–water partition coefficient (Wildman–Crippen LogP) is -2.55. The Balaban J connectivity index is 0.00000280. The lowest BCUT2D eigenvalue weighted by atomic mass is 10.1. The van der Waals surface area contributed by atoms with Gasteiger partial charge in [0.15, 0.2) is 11.5 Å². The normalized spacial score (nSPS) is 14.6. The molecule has 1 aromatic rings. The van der Waals surface area contributed by atoms with Crippen molar-refractivity contribution in [2.45, 2.75) is 38.7 Å². The fourth-order valence-electron chi connectivity index (χ4n) is 2.89. The predicted molar refractivity (Wildman–Crippen MR) is 99.2 cm³/mol. The van der Waals surface area contributed by atoms with Gasteiger partial charge in [0.25, 0.3) is 5.56 Å². The van der Waals surface area contributed by atoms with E-state index < -0.39 is 36.2 Å². The van der Waals surface area contributed by atoms with Crippen LogP contribution in [0.4, 0.5) is 0 Å². The molecule has 2 aliphatic rings. The molecule has 0 aliphatic carbocycles. The second-order valence-electron chi connectivity index (χ2n) is 6.50. The molecule has 1 aromatic carbocycles. The Labute approximate surface area is 158 Å². The molecule has 0 radical (unpaired) electrons. The monoisotopic (exact) mass is 394 g/mol. The molecule has 0 saturated heterocycles. The Morgan fingerprint density at radius 1 is 1.07 bits per heavy atom. The summed E-state index contributed by atoms with van der Waals surface area (Å²) < 4.78 is 1.40. The number of aryl methyl sites for hydroxylation is 2. The van der Waals surface area contributed by atoms with Crippen LogP contribution in [0.5, 0.6) is 0 Å². The van der Waals surface area contributed by atoms with Gasteiger partial charge >= 0.3 is 5.69 Å². The number of nitrogens with one attached hydrogen (secondary N) is 1. The van der Waals surface area contributed by atoms with Crippen LogP contribution in [0.15, 0.2) is 21.7 Å². The number of H-pyrrole nitrogens is 1. The first-order valence-corrected chi connectivity index (χ1v) is 8.29. The van der Waals surface area contributed by atoms with Crippen molar-refractivity contribution in [3.63, 3.8) is 0 Å². The van der Waals surface area contributed by atoms with Crippen molar-refractivity contribution < 1.29 is 25.9 Å². The van der Waals surface area contributed by atoms with Crippen molar-refractivity contribution in [1.29, 1.82) is 0 Å². The summed E-state index contributed by atoms with van der Waals surface area (Å²) in [5, 5.41) is 38.8. The number of rotatable bonds is 5. The Kier molecular flexibility index (Phi) is 6.27. The minimum Gasteiger partial charge on any atom is -0.412 e. The summed E-state index contributed by atoms with van der Waals surface area (Å²) in [5.41, 5.74) is 1.11. The highest BCUT2D eigenvalue weighted by atomic mass is 16.4. The van der Waals surface area contributed by atoms with Crippen LogP contribution in [-0.2, 0) is 6.54 Å². The van der Waals surface area contributed by atoms with Gasteiger partial charge in [-0.3, -0.25) is 9.78 Å². The zero-order chi connectivity index (χ0) is 19.9. The van der Waals surface area contributed by atoms with E-state index in [-0.39, 0.29) is 23.5 Å². The Hall–Kier alpha value is -2.70. The third kappa shape index (κ3) is 3.79. The molecule has 0 aromatic heterocycles. The number of aromatic amines is 1. The van der Waals surface area contributed by atoms with Crippen molar-refractivity contribution in [3.05, 3.63) is 44.1 Å². The van der Waals surface area contributed by atoms with Crippen molar-refractivity contribution >= 4 is 11.0 Å². The number of benzene rings is 1. The van der Waals surface area contributed by atoms with E-state index in [0.29, 0.717) is 11.0 Å². The highest BCUT2D eigenvalue weighted by Gasteiger charge is 2.27. The molecule has 0 spiro atoms. The van der Waals surface area contributed by atoms with Gasteiger partial charge in [-0.2, -0.15) is 4.98 Å². The van der Waals surface area contributed by atoms with Crippen molar-refractivity contribution in [3.8, 4) is 11.5 Å². The number of nitrogens with zero attached hydrogens (tertiary/aromatic N) is 3. The minimum absolute atomic E-state index is 0. The van der Waals surface area contributed by atoms with E-state index in [1.807, 2.05) is 13.8 Å². The molecular weight excluding hydrogens is 372 g/mol. The van der Waals surface area contributed by atoms with Gasteiger partial charge in [0.2, 0.25) is 0 Å². The molecule has 152 valence electrons. The fourth-order valence-corrected chi connectivity index (χ4v) is 2.89. The molecule has 7 N–H and O–H groups in total. The molecule has 2 aliphatic heterocycles. The maximum absolute atomic E-state index is 12.2. The maximum Gasteiger partial charge on any atom is 0.349 e. The summed E-state index contributed by atoms with van der Waals surface area (Å²) in [6.07, 6.45) is -4.68. The second-order valence-corrected chi connectivity index (χ2v) is 6.50. The fraction of sp³-hybridized carbons (Fsp3) is 0.412. The van der Waals surface area contributed by atoms with E-state index in [0.717, 1.165) is 11.1 Å².